The van der Waals surface area contributed by atoms with Gasteiger partial charge >= 0.3 is 5.97 Å². The number of sulfone groups is 1. The van der Waals surface area contributed by atoms with Crippen molar-refractivity contribution < 1.29 is 22.9 Å². The molecule has 0 radical (unpaired) electrons. The smallest absolute Gasteiger partial charge is 0.321 e. The molecule has 0 saturated heterocycles. The molecule has 0 heterocycles. The van der Waals surface area contributed by atoms with Crippen LogP contribution in [0.2, 0.25) is 0 Å². The van der Waals surface area contributed by atoms with Gasteiger partial charge in [-0.25, -0.2) is 8.42 Å². The third-order valence-electron chi connectivity index (χ3n) is 2.07. The number of esters is 1. The van der Waals surface area contributed by atoms with Gasteiger partial charge in [0.2, 0.25) is 0 Å². The number of rotatable bonds is 5. The first-order valence-corrected chi connectivity index (χ1v) is 7.05. The Balaban J connectivity index is 3.08. The van der Waals surface area contributed by atoms with Gasteiger partial charge in [-0.05, 0) is 19.9 Å². The molecule has 0 atom stereocenters. The van der Waals surface area contributed by atoms with Crippen LogP contribution in [0.4, 0.5) is 5.69 Å². The average molecular weight is 287 g/mol. The summed E-state index contributed by atoms with van der Waals surface area (Å²) in [5.74, 6) is -1.86. The van der Waals surface area contributed by atoms with Crippen LogP contribution in [0.25, 0.3) is 0 Å². The van der Waals surface area contributed by atoms with Gasteiger partial charge in [0, 0.05) is 6.07 Å². The molecule has 1 rings (SSSR count). The third kappa shape index (κ3) is 4.02. The molecule has 0 aliphatic carbocycles. The maximum atomic E-state index is 11.9. The first-order chi connectivity index (χ1) is 8.74. The number of nitro groups is 1. The molecule has 0 bridgehead atoms. The van der Waals surface area contributed by atoms with Crippen LogP contribution >= 0.6 is 0 Å². The SMILES string of the molecule is CC(C)OC(=O)CS(=O)(=O)c1ccccc1[N+](=O)[O-]. The van der Waals surface area contributed by atoms with Crippen molar-refractivity contribution in [1.82, 2.24) is 0 Å². The van der Waals surface area contributed by atoms with Gasteiger partial charge in [0.05, 0.1) is 11.0 Å². The first kappa shape index (κ1) is 15.1. The Morgan fingerprint density at radius 1 is 1.37 bits per heavy atom. The Hall–Kier alpha value is -1.96. The second kappa shape index (κ2) is 5.79. The lowest BCUT2D eigenvalue weighted by Crippen LogP contribution is -2.22. The fraction of sp³-hybridized carbons (Fsp3) is 0.364. The fourth-order valence-electron chi connectivity index (χ4n) is 1.40. The van der Waals surface area contributed by atoms with Gasteiger partial charge in [0.15, 0.2) is 15.6 Å². The number of carbonyl (C=O) groups excluding carboxylic acids is 1. The highest BCUT2D eigenvalue weighted by molar-refractivity contribution is 7.92. The monoisotopic (exact) mass is 287 g/mol. The summed E-state index contributed by atoms with van der Waals surface area (Å²) in [6.45, 7) is 3.16. The van der Waals surface area contributed by atoms with Crippen LogP contribution in [0, 0.1) is 10.1 Å². The molecule has 8 heteroatoms. The standard InChI is InChI=1S/C11H13NO6S/c1-8(2)18-11(13)7-19(16,17)10-6-4-3-5-9(10)12(14)15/h3-6,8H,7H2,1-2H3. The number of hydrogen-bond donors (Lipinski definition) is 0. The quantitative estimate of drug-likeness (QED) is 0.459. The molecule has 0 spiro atoms. The Morgan fingerprint density at radius 3 is 2.47 bits per heavy atom. The third-order valence-corrected chi connectivity index (χ3v) is 3.70. The minimum Gasteiger partial charge on any atom is -0.462 e. The Morgan fingerprint density at radius 2 is 1.95 bits per heavy atom. The van der Waals surface area contributed by atoms with E-state index >= 15 is 0 Å². The fourth-order valence-corrected chi connectivity index (χ4v) is 2.68. The molecule has 0 amide bonds. The zero-order valence-electron chi connectivity index (χ0n) is 10.4. The van der Waals surface area contributed by atoms with Crippen LogP contribution in [0.15, 0.2) is 29.2 Å². The molecule has 7 nitrogen and oxygen atoms in total. The largest absolute Gasteiger partial charge is 0.462 e. The summed E-state index contributed by atoms with van der Waals surface area (Å²) in [4.78, 5) is 20.8. The Labute approximate surface area is 110 Å². The summed E-state index contributed by atoms with van der Waals surface area (Å²) >= 11 is 0. The lowest BCUT2D eigenvalue weighted by Gasteiger charge is -2.08. The number of hydrogen-bond acceptors (Lipinski definition) is 6. The topological polar surface area (TPSA) is 104 Å². The highest BCUT2D eigenvalue weighted by Crippen LogP contribution is 2.24. The van der Waals surface area contributed by atoms with Crippen LogP contribution in [0.5, 0.6) is 0 Å². The second-order valence-corrected chi connectivity index (χ2v) is 5.98. The van der Waals surface area contributed by atoms with E-state index in [1.807, 2.05) is 0 Å². The minimum atomic E-state index is -4.10. The van der Waals surface area contributed by atoms with Gasteiger partial charge in [0.25, 0.3) is 5.69 Å². The average Bonchev–Trinajstić information content (AvgIpc) is 2.26. The number of para-hydroxylation sites is 1. The van der Waals surface area contributed by atoms with Crippen molar-refractivity contribution in [2.45, 2.75) is 24.8 Å². The number of carbonyl (C=O) groups is 1. The normalized spacial score (nSPS) is 11.3. The van der Waals surface area contributed by atoms with Crippen molar-refractivity contribution in [2.75, 3.05) is 5.75 Å². The Kier molecular flexibility index (Phi) is 4.60. The van der Waals surface area contributed by atoms with Gasteiger partial charge in [-0.2, -0.15) is 0 Å². The van der Waals surface area contributed by atoms with E-state index in [4.69, 9.17) is 4.74 Å². The van der Waals surface area contributed by atoms with E-state index in [2.05, 4.69) is 0 Å². The van der Waals surface area contributed by atoms with E-state index in [9.17, 15) is 23.3 Å². The zero-order valence-corrected chi connectivity index (χ0v) is 11.2. The molecule has 19 heavy (non-hydrogen) atoms. The highest BCUT2D eigenvalue weighted by Gasteiger charge is 2.28. The molecule has 1 aromatic rings. The molecular formula is C11H13NO6S. The molecule has 0 saturated carbocycles. The summed E-state index contributed by atoms with van der Waals surface area (Å²) in [6, 6.07) is 4.87. The van der Waals surface area contributed by atoms with E-state index < -0.39 is 43.2 Å². The lowest BCUT2D eigenvalue weighted by atomic mass is 10.3. The minimum absolute atomic E-state index is 0.451. The first-order valence-electron chi connectivity index (χ1n) is 5.39. The van der Waals surface area contributed by atoms with Gasteiger partial charge < -0.3 is 4.74 Å². The molecule has 0 fully saturated rings. The van der Waals surface area contributed by atoms with Gasteiger partial charge in [-0.15, -0.1) is 0 Å². The molecule has 1 aromatic carbocycles. The molecular weight excluding hydrogens is 274 g/mol. The molecule has 0 aliphatic heterocycles. The summed E-state index contributed by atoms with van der Waals surface area (Å²) in [6.07, 6.45) is -0.451. The van der Waals surface area contributed by atoms with Crippen LogP contribution in [0.3, 0.4) is 0 Å². The number of nitro benzene ring substituents is 1. The number of benzene rings is 1. The summed E-state index contributed by atoms with van der Waals surface area (Å²) in [5, 5.41) is 10.8. The zero-order chi connectivity index (χ0) is 14.6. The number of nitrogens with zero attached hydrogens (tertiary/aromatic N) is 1. The van der Waals surface area contributed by atoms with E-state index in [0.29, 0.717) is 0 Å². The van der Waals surface area contributed by atoms with Crippen LogP contribution in [-0.2, 0) is 19.4 Å². The molecule has 0 aliphatic rings. The van der Waals surface area contributed by atoms with Crippen molar-refractivity contribution in [1.29, 1.82) is 0 Å². The maximum absolute atomic E-state index is 11.9. The van der Waals surface area contributed by atoms with Crippen LogP contribution in [-0.4, -0.2) is 31.2 Å². The maximum Gasteiger partial charge on any atom is 0.321 e. The summed E-state index contributed by atoms with van der Waals surface area (Å²) in [7, 11) is -4.10. The molecule has 0 N–H and O–H groups in total. The van der Waals surface area contributed by atoms with Crippen molar-refractivity contribution >= 4 is 21.5 Å². The van der Waals surface area contributed by atoms with E-state index in [1.165, 1.54) is 12.1 Å². The predicted molar refractivity (Wildman–Crippen MR) is 66.4 cm³/mol. The predicted octanol–water partition coefficient (Wildman–Crippen LogP) is 1.32. The van der Waals surface area contributed by atoms with Crippen molar-refractivity contribution in [3.05, 3.63) is 34.4 Å². The Bertz CT molecular complexity index is 593. The van der Waals surface area contributed by atoms with Crippen LogP contribution < -0.4 is 0 Å². The van der Waals surface area contributed by atoms with Gasteiger partial charge in [-0.3, -0.25) is 14.9 Å². The lowest BCUT2D eigenvalue weighted by molar-refractivity contribution is -0.387. The van der Waals surface area contributed by atoms with Crippen molar-refractivity contribution in [3.63, 3.8) is 0 Å². The van der Waals surface area contributed by atoms with E-state index in [0.717, 1.165) is 12.1 Å². The van der Waals surface area contributed by atoms with Crippen LogP contribution in [0.1, 0.15) is 13.8 Å². The second-order valence-electron chi connectivity index (χ2n) is 4.02. The van der Waals surface area contributed by atoms with Crippen molar-refractivity contribution in [2.24, 2.45) is 0 Å². The summed E-state index contributed by atoms with van der Waals surface area (Å²) in [5.41, 5.74) is -0.556. The molecule has 0 unspecified atom stereocenters. The molecule has 104 valence electrons. The van der Waals surface area contributed by atoms with Gasteiger partial charge in [0.1, 0.15) is 4.90 Å². The van der Waals surface area contributed by atoms with E-state index in [1.54, 1.807) is 13.8 Å². The number of ether oxygens (including phenoxy) is 1. The van der Waals surface area contributed by atoms with E-state index in [-0.39, 0.29) is 0 Å². The highest BCUT2D eigenvalue weighted by atomic mass is 32.2. The van der Waals surface area contributed by atoms with Gasteiger partial charge in [-0.1, -0.05) is 12.1 Å². The van der Waals surface area contributed by atoms with Crippen molar-refractivity contribution in [3.8, 4) is 0 Å². The summed E-state index contributed by atoms with van der Waals surface area (Å²) < 4.78 is 28.6. The molecule has 0 aromatic heterocycles.